The zero-order valence-electron chi connectivity index (χ0n) is 10.7. The van der Waals surface area contributed by atoms with E-state index in [2.05, 4.69) is 11.0 Å². The molecule has 1 aromatic carbocycles. The first-order valence-electron chi connectivity index (χ1n) is 7.07. The molecule has 0 unspecified atom stereocenters. The second-order valence-corrected chi connectivity index (χ2v) is 6.09. The molecule has 18 heavy (non-hydrogen) atoms. The van der Waals surface area contributed by atoms with E-state index in [1.807, 2.05) is 12.1 Å². The fourth-order valence-corrected chi connectivity index (χ4v) is 3.89. The molecule has 0 aromatic heterocycles. The summed E-state index contributed by atoms with van der Waals surface area (Å²) >= 11 is 5.99. The van der Waals surface area contributed by atoms with Gasteiger partial charge in [-0.25, -0.2) is 0 Å². The molecule has 3 rings (SSSR count). The van der Waals surface area contributed by atoms with Crippen molar-refractivity contribution in [1.82, 2.24) is 0 Å². The normalized spacial score (nSPS) is 27.9. The Bertz CT molecular complexity index is 431. The summed E-state index contributed by atoms with van der Waals surface area (Å²) in [7, 11) is 0. The van der Waals surface area contributed by atoms with Crippen LogP contribution in [0.3, 0.4) is 0 Å². The quantitative estimate of drug-likeness (QED) is 0.775. The van der Waals surface area contributed by atoms with Gasteiger partial charge in [0.05, 0.1) is 11.4 Å². The van der Waals surface area contributed by atoms with Crippen LogP contribution in [0.15, 0.2) is 18.2 Å². The van der Waals surface area contributed by atoms with Crippen molar-refractivity contribution in [3.63, 3.8) is 0 Å². The zero-order valence-corrected chi connectivity index (χ0v) is 11.5. The molecule has 98 valence electrons. The van der Waals surface area contributed by atoms with E-state index in [1.54, 1.807) is 0 Å². The van der Waals surface area contributed by atoms with Crippen LogP contribution in [-0.4, -0.2) is 12.6 Å². The number of hydrogen-bond acceptors (Lipinski definition) is 2. The maximum Gasteiger partial charge on any atom is 0.0603 e. The lowest BCUT2D eigenvalue weighted by Crippen LogP contribution is -2.47. The van der Waals surface area contributed by atoms with Crippen molar-refractivity contribution in [2.45, 2.75) is 44.6 Å². The van der Waals surface area contributed by atoms with Crippen LogP contribution in [0.4, 0.5) is 11.4 Å². The Hall–Kier alpha value is -0.890. The number of anilines is 2. The molecule has 1 aliphatic carbocycles. The Morgan fingerprint density at radius 2 is 1.89 bits per heavy atom. The van der Waals surface area contributed by atoms with E-state index in [4.69, 9.17) is 17.3 Å². The topological polar surface area (TPSA) is 29.3 Å². The molecule has 2 fully saturated rings. The fraction of sp³-hybridized carbons (Fsp3) is 0.600. The van der Waals surface area contributed by atoms with Crippen LogP contribution in [0.25, 0.3) is 0 Å². The molecule has 1 aromatic rings. The number of rotatable bonds is 1. The first-order valence-corrected chi connectivity index (χ1v) is 7.45. The smallest absolute Gasteiger partial charge is 0.0603 e. The van der Waals surface area contributed by atoms with Crippen LogP contribution in [-0.2, 0) is 0 Å². The molecule has 0 spiro atoms. The van der Waals surface area contributed by atoms with Crippen LogP contribution in [0.5, 0.6) is 0 Å². The average molecular weight is 265 g/mol. The molecular weight excluding hydrogens is 244 g/mol. The van der Waals surface area contributed by atoms with Gasteiger partial charge in [-0.05, 0) is 49.8 Å². The Balaban J connectivity index is 1.89. The van der Waals surface area contributed by atoms with Crippen LogP contribution in [0.2, 0.25) is 5.02 Å². The number of fused-ring (bicyclic) bond motifs is 1. The number of nitrogens with two attached hydrogens (primary N) is 1. The molecule has 1 aliphatic heterocycles. The number of piperidine rings is 1. The summed E-state index contributed by atoms with van der Waals surface area (Å²) in [6.45, 7) is 1.15. The Morgan fingerprint density at radius 1 is 1.11 bits per heavy atom. The van der Waals surface area contributed by atoms with E-state index < -0.39 is 0 Å². The molecule has 2 aliphatic rings. The molecular formula is C15H21ClN2. The van der Waals surface area contributed by atoms with Crippen molar-refractivity contribution in [3.05, 3.63) is 23.2 Å². The van der Waals surface area contributed by atoms with Crippen LogP contribution < -0.4 is 10.6 Å². The summed E-state index contributed by atoms with van der Waals surface area (Å²) in [5.41, 5.74) is 8.17. The van der Waals surface area contributed by atoms with E-state index >= 15 is 0 Å². The molecule has 0 bridgehead atoms. The van der Waals surface area contributed by atoms with Gasteiger partial charge < -0.3 is 10.6 Å². The highest BCUT2D eigenvalue weighted by molar-refractivity contribution is 6.31. The molecule has 1 saturated carbocycles. The van der Waals surface area contributed by atoms with Gasteiger partial charge in [0.1, 0.15) is 0 Å². The maximum absolute atomic E-state index is 6.15. The van der Waals surface area contributed by atoms with Gasteiger partial charge in [-0.3, -0.25) is 0 Å². The van der Waals surface area contributed by atoms with E-state index in [0.717, 1.165) is 23.2 Å². The molecule has 3 heteroatoms. The van der Waals surface area contributed by atoms with Crippen molar-refractivity contribution in [2.75, 3.05) is 17.2 Å². The minimum absolute atomic E-state index is 0.705. The molecule has 0 radical (unpaired) electrons. The van der Waals surface area contributed by atoms with Gasteiger partial charge in [0.2, 0.25) is 0 Å². The molecule has 2 atom stereocenters. The van der Waals surface area contributed by atoms with Gasteiger partial charge in [-0.1, -0.05) is 24.4 Å². The van der Waals surface area contributed by atoms with Gasteiger partial charge in [0.15, 0.2) is 0 Å². The highest BCUT2D eigenvalue weighted by atomic mass is 35.5. The lowest BCUT2D eigenvalue weighted by atomic mass is 9.78. The largest absolute Gasteiger partial charge is 0.397 e. The summed E-state index contributed by atoms with van der Waals surface area (Å²) in [5, 5.41) is 0.730. The van der Waals surface area contributed by atoms with Crippen molar-refractivity contribution >= 4 is 23.0 Å². The third kappa shape index (κ3) is 2.18. The standard InChI is InChI=1S/C15H21ClN2/c16-12-7-8-15(13(17)10-12)18-9-3-5-11-4-1-2-6-14(11)18/h7-8,10-11,14H,1-6,9,17H2/t11-,14-/m1/s1. The molecule has 0 amide bonds. The summed E-state index contributed by atoms with van der Waals surface area (Å²) in [6, 6.07) is 6.63. The van der Waals surface area contributed by atoms with Gasteiger partial charge in [0, 0.05) is 17.6 Å². The fourth-order valence-electron chi connectivity index (χ4n) is 3.71. The van der Waals surface area contributed by atoms with E-state index in [0.29, 0.717) is 6.04 Å². The van der Waals surface area contributed by atoms with Crippen molar-refractivity contribution in [1.29, 1.82) is 0 Å². The monoisotopic (exact) mass is 264 g/mol. The van der Waals surface area contributed by atoms with Crippen molar-refractivity contribution in [3.8, 4) is 0 Å². The predicted molar refractivity (Wildman–Crippen MR) is 78.2 cm³/mol. The average Bonchev–Trinajstić information content (AvgIpc) is 2.38. The van der Waals surface area contributed by atoms with E-state index in [9.17, 15) is 0 Å². The third-order valence-corrected chi connectivity index (χ3v) is 4.78. The first kappa shape index (κ1) is 12.2. The second kappa shape index (κ2) is 5.00. The number of halogens is 1. The van der Waals surface area contributed by atoms with Crippen molar-refractivity contribution < 1.29 is 0 Å². The van der Waals surface area contributed by atoms with E-state index in [1.165, 1.54) is 44.2 Å². The van der Waals surface area contributed by atoms with Crippen LogP contribution >= 0.6 is 11.6 Å². The minimum Gasteiger partial charge on any atom is -0.397 e. The summed E-state index contributed by atoms with van der Waals surface area (Å²) in [6.07, 6.45) is 8.19. The lowest BCUT2D eigenvalue weighted by Gasteiger charge is -2.45. The predicted octanol–water partition coefficient (Wildman–Crippen LogP) is 4.08. The van der Waals surface area contributed by atoms with Crippen molar-refractivity contribution in [2.24, 2.45) is 5.92 Å². The van der Waals surface area contributed by atoms with Gasteiger partial charge >= 0.3 is 0 Å². The summed E-state index contributed by atoms with van der Waals surface area (Å²) in [5.74, 6) is 0.877. The first-order chi connectivity index (χ1) is 8.75. The molecule has 1 saturated heterocycles. The van der Waals surface area contributed by atoms with Crippen LogP contribution in [0, 0.1) is 5.92 Å². The molecule has 2 nitrogen and oxygen atoms in total. The minimum atomic E-state index is 0.705. The third-order valence-electron chi connectivity index (χ3n) is 4.54. The molecule has 1 heterocycles. The molecule has 2 N–H and O–H groups in total. The highest BCUT2D eigenvalue weighted by Crippen LogP contribution is 2.39. The highest BCUT2D eigenvalue weighted by Gasteiger charge is 2.33. The number of nitrogens with zero attached hydrogens (tertiary/aromatic N) is 1. The lowest BCUT2D eigenvalue weighted by molar-refractivity contribution is 0.244. The Morgan fingerprint density at radius 3 is 2.72 bits per heavy atom. The number of hydrogen-bond donors (Lipinski definition) is 1. The Labute approximate surface area is 114 Å². The van der Waals surface area contributed by atoms with Gasteiger partial charge in [-0.2, -0.15) is 0 Å². The second-order valence-electron chi connectivity index (χ2n) is 5.65. The maximum atomic E-state index is 6.15. The SMILES string of the molecule is Nc1cc(Cl)ccc1N1CCC[C@H]2CCCC[C@H]21. The van der Waals surface area contributed by atoms with Crippen LogP contribution in [0.1, 0.15) is 38.5 Å². The van der Waals surface area contributed by atoms with Gasteiger partial charge in [0.25, 0.3) is 0 Å². The zero-order chi connectivity index (χ0) is 12.5. The summed E-state index contributed by atoms with van der Waals surface area (Å²) < 4.78 is 0. The van der Waals surface area contributed by atoms with E-state index in [-0.39, 0.29) is 0 Å². The summed E-state index contributed by atoms with van der Waals surface area (Å²) in [4.78, 5) is 2.54. The van der Waals surface area contributed by atoms with Gasteiger partial charge in [-0.15, -0.1) is 0 Å². The number of benzene rings is 1. The number of nitrogen functional groups attached to an aromatic ring is 1. The Kier molecular flexibility index (Phi) is 3.38.